The van der Waals surface area contributed by atoms with E-state index in [0.29, 0.717) is 0 Å². The van der Waals surface area contributed by atoms with Gasteiger partial charge in [0, 0.05) is 51.1 Å². The number of nitrogen functional groups attached to an aromatic ring is 1. The molecule has 4 N–H and O–H groups in total. The topological polar surface area (TPSA) is 53.3 Å². The van der Waals surface area contributed by atoms with Crippen molar-refractivity contribution in [2.75, 3.05) is 44.3 Å². The predicted octanol–water partition coefficient (Wildman–Crippen LogP) is 0.716. The van der Waals surface area contributed by atoms with Crippen molar-refractivity contribution < 1.29 is 0 Å². The van der Waals surface area contributed by atoms with Gasteiger partial charge in [-0.15, -0.1) is 0 Å². The molecule has 2 rings (SSSR count). The maximum absolute atomic E-state index is 5.99. The molecular weight excluding hydrogens is 200 g/mol. The molecule has 0 amide bonds. The molecule has 0 aromatic heterocycles. The Labute approximate surface area is 96.8 Å². The molecule has 0 spiro atoms. The lowest BCUT2D eigenvalue weighted by molar-refractivity contribution is 0.233. The molecule has 4 nitrogen and oxygen atoms in total. The van der Waals surface area contributed by atoms with Crippen LogP contribution in [0.3, 0.4) is 0 Å². The summed E-state index contributed by atoms with van der Waals surface area (Å²) < 4.78 is 0. The molecule has 88 valence electrons. The van der Waals surface area contributed by atoms with E-state index in [1.54, 1.807) is 0 Å². The van der Waals surface area contributed by atoms with Gasteiger partial charge in [0.1, 0.15) is 0 Å². The number of anilines is 2. The van der Waals surface area contributed by atoms with Crippen molar-refractivity contribution in [3.8, 4) is 0 Å². The van der Waals surface area contributed by atoms with E-state index in [1.807, 2.05) is 19.2 Å². The molecule has 0 atom stereocenters. The van der Waals surface area contributed by atoms with Gasteiger partial charge in [-0.2, -0.15) is 0 Å². The van der Waals surface area contributed by atoms with Crippen molar-refractivity contribution in [2.24, 2.45) is 0 Å². The molecule has 0 aliphatic carbocycles. The molecule has 1 aromatic rings. The van der Waals surface area contributed by atoms with Gasteiger partial charge in [-0.1, -0.05) is 0 Å². The summed E-state index contributed by atoms with van der Waals surface area (Å²) in [6.45, 7) is 5.30. The Kier molecular flexibility index (Phi) is 3.64. The molecule has 0 saturated carbocycles. The fraction of sp³-hybridized carbons (Fsp3) is 0.500. The monoisotopic (exact) mass is 220 g/mol. The number of benzene rings is 1. The molecule has 4 heteroatoms. The second-order valence-electron chi connectivity index (χ2n) is 4.19. The highest BCUT2D eigenvalue weighted by molar-refractivity contribution is 5.57. The normalized spacial score (nSPS) is 17.3. The third-order valence-electron chi connectivity index (χ3n) is 3.04. The quantitative estimate of drug-likeness (QED) is 0.657. The van der Waals surface area contributed by atoms with Crippen LogP contribution < -0.4 is 16.4 Å². The van der Waals surface area contributed by atoms with Gasteiger partial charge in [-0.25, -0.2) is 0 Å². The van der Waals surface area contributed by atoms with Crippen LogP contribution in [0.1, 0.15) is 5.56 Å². The molecule has 1 aromatic carbocycles. The smallest absolute Gasteiger partial charge is 0.0361 e. The molecular formula is C12H20N4. The van der Waals surface area contributed by atoms with Crippen LogP contribution in [0.2, 0.25) is 0 Å². The zero-order valence-corrected chi connectivity index (χ0v) is 9.79. The molecule has 0 unspecified atom stereocenters. The highest BCUT2D eigenvalue weighted by Crippen LogP contribution is 2.19. The van der Waals surface area contributed by atoms with E-state index in [2.05, 4.69) is 21.6 Å². The van der Waals surface area contributed by atoms with Gasteiger partial charge in [-0.3, -0.25) is 4.90 Å². The molecule has 1 heterocycles. The summed E-state index contributed by atoms with van der Waals surface area (Å²) in [6, 6.07) is 6.12. The number of rotatable bonds is 3. The first kappa shape index (κ1) is 11.2. The summed E-state index contributed by atoms with van der Waals surface area (Å²) in [6.07, 6.45) is 0. The second kappa shape index (κ2) is 5.18. The molecule has 16 heavy (non-hydrogen) atoms. The van der Waals surface area contributed by atoms with Crippen molar-refractivity contribution in [3.63, 3.8) is 0 Å². The van der Waals surface area contributed by atoms with E-state index in [4.69, 9.17) is 5.73 Å². The van der Waals surface area contributed by atoms with Crippen molar-refractivity contribution in [1.82, 2.24) is 10.2 Å². The molecule has 0 radical (unpaired) electrons. The van der Waals surface area contributed by atoms with Gasteiger partial charge >= 0.3 is 0 Å². The summed E-state index contributed by atoms with van der Waals surface area (Å²) in [4.78, 5) is 2.43. The van der Waals surface area contributed by atoms with E-state index in [0.717, 1.165) is 44.1 Å². The van der Waals surface area contributed by atoms with Crippen LogP contribution in [0.5, 0.6) is 0 Å². The van der Waals surface area contributed by atoms with Crippen LogP contribution in [0.15, 0.2) is 18.2 Å². The summed E-state index contributed by atoms with van der Waals surface area (Å²) in [7, 11) is 1.93. The molecule has 1 saturated heterocycles. The third kappa shape index (κ3) is 2.65. The van der Waals surface area contributed by atoms with Crippen molar-refractivity contribution in [3.05, 3.63) is 23.8 Å². The molecule has 1 aliphatic rings. The van der Waals surface area contributed by atoms with Crippen molar-refractivity contribution in [1.29, 1.82) is 0 Å². The molecule has 0 bridgehead atoms. The minimum absolute atomic E-state index is 0.887. The van der Waals surface area contributed by atoms with E-state index in [-0.39, 0.29) is 0 Å². The standard InChI is InChI=1S/C12H20N4/c1-14-11-2-3-12(13)10(8-11)9-16-6-4-15-5-7-16/h2-3,8,14-15H,4-7,9,13H2,1H3. The summed E-state index contributed by atoms with van der Waals surface area (Å²) >= 11 is 0. The highest BCUT2D eigenvalue weighted by Gasteiger charge is 2.11. The predicted molar refractivity (Wildman–Crippen MR) is 68.5 cm³/mol. The average molecular weight is 220 g/mol. The van der Waals surface area contributed by atoms with Crippen LogP contribution in [-0.4, -0.2) is 38.1 Å². The third-order valence-corrected chi connectivity index (χ3v) is 3.04. The maximum atomic E-state index is 5.99. The lowest BCUT2D eigenvalue weighted by Gasteiger charge is -2.27. The van der Waals surface area contributed by atoms with Gasteiger partial charge in [0.2, 0.25) is 0 Å². The zero-order valence-electron chi connectivity index (χ0n) is 9.79. The van der Waals surface area contributed by atoms with Gasteiger partial charge in [0.25, 0.3) is 0 Å². The van der Waals surface area contributed by atoms with Gasteiger partial charge in [0.05, 0.1) is 0 Å². The van der Waals surface area contributed by atoms with E-state index in [9.17, 15) is 0 Å². The van der Waals surface area contributed by atoms with Crippen LogP contribution in [0.25, 0.3) is 0 Å². The average Bonchev–Trinajstić information content (AvgIpc) is 2.33. The Morgan fingerprint density at radius 2 is 2.12 bits per heavy atom. The Morgan fingerprint density at radius 1 is 1.38 bits per heavy atom. The van der Waals surface area contributed by atoms with Crippen molar-refractivity contribution >= 4 is 11.4 Å². The number of hydrogen-bond acceptors (Lipinski definition) is 4. The van der Waals surface area contributed by atoms with Crippen LogP contribution >= 0.6 is 0 Å². The summed E-state index contributed by atoms with van der Waals surface area (Å²) in [5, 5.41) is 6.50. The van der Waals surface area contributed by atoms with E-state index >= 15 is 0 Å². The number of nitrogens with one attached hydrogen (secondary N) is 2. The number of hydrogen-bond donors (Lipinski definition) is 3. The summed E-state index contributed by atoms with van der Waals surface area (Å²) in [5.41, 5.74) is 9.22. The molecule has 1 fully saturated rings. The van der Waals surface area contributed by atoms with Crippen LogP contribution in [0.4, 0.5) is 11.4 Å². The SMILES string of the molecule is CNc1ccc(N)c(CN2CCNCC2)c1. The van der Waals surface area contributed by atoms with Crippen molar-refractivity contribution in [2.45, 2.75) is 6.54 Å². The lowest BCUT2D eigenvalue weighted by atomic mass is 10.1. The highest BCUT2D eigenvalue weighted by atomic mass is 15.2. The first-order valence-electron chi connectivity index (χ1n) is 5.79. The number of piperazine rings is 1. The zero-order chi connectivity index (χ0) is 11.4. The fourth-order valence-corrected chi connectivity index (χ4v) is 2.01. The summed E-state index contributed by atoms with van der Waals surface area (Å²) in [5.74, 6) is 0. The van der Waals surface area contributed by atoms with Crippen LogP contribution in [-0.2, 0) is 6.54 Å². The first-order chi connectivity index (χ1) is 7.79. The minimum atomic E-state index is 0.887. The minimum Gasteiger partial charge on any atom is -0.398 e. The first-order valence-corrected chi connectivity index (χ1v) is 5.79. The largest absolute Gasteiger partial charge is 0.398 e. The molecule has 1 aliphatic heterocycles. The van der Waals surface area contributed by atoms with E-state index in [1.165, 1.54) is 5.56 Å². The van der Waals surface area contributed by atoms with E-state index < -0.39 is 0 Å². The Balaban J connectivity index is 2.06. The Hall–Kier alpha value is -1.26. The van der Waals surface area contributed by atoms with Gasteiger partial charge in [0.15, 0.2) is 0 Å². The Bertz CT molecular complexity index is 345. The van der Waals surface area contributed by atoms with Crippen LogP contribution in [0, 0.1) is 0 Å². The number of nitrogens with zero attached hydrogens (tertiary/aromatic N) is 1. The Morgan fingerprint density at radius 3 is 2.81 bits per heavy atom. The fourth-order valence-electron chi connectivity index (χ4n) is 2.01. The van der Waals surface area contributed by atoms with Gasteiger partial charge in [-0.05, 0) is 23.8 Å². The maximum Gasteiger partial charge on any atom is 0.0361 e. The lowest BCUT2D eigenvalue weighted by Crippen LogP contribution is -2.42. The van der Waals surface area contributed by atoms with Gasteiger partial charge < -0.3 is 16.4 Å². The number of nitrogens with two attached hydrogens (primary N) is 1. The second-order valence-corrected chi connectivity index (χ2v) is 4.19.